The Balaban J connectivity index is 1.95. The molecule has 6 nitrogen and oxygen atoms in total. The number of rotatable bonds is 7. The van der Waals surface area contributed by atoms with Crippen molar-refractivity contribution in [1.82, 2.24) is 15.1 Å². The maximum absolute atomic E-state index is 12.0. The topological polar surface area (TPSA) is 54.0 Å². The van der Waals surface area contributed by atoms with Crippen molar-refractivity contribution in [1.29, 1.82) is 0 Å². The smallest absolute Gasteiger partial charge is 0.237 e. The van der Waals surface area contributed by atoms with E-state index in [1.165, 1.54) is 11.1 Å². The molecule has 25 heavy (non-hydrogen) atoms. The number of hydrogen-bond donors (Lipinski definition) is 1. The van der Waals surface area contributed by atoms with E-state index in [4.69, 9.17) is 9.47 Å². The van der Waals surface area contributed by atoms with Gasteiger partial charge in [-0.05, 0) is 44.0 Å². The number of carbonyl (C=O) groups excluding carboxylic acids is 1. The summed E-state index contributed by atoms with van der Waals surface area (Å²) >= 11 is 0. The van der Waals surface area contributed by atoms with Crippen molar-refractivity contribution in [3.63, 3.8) is 0 Å². The molecule has 6 heteroatoms. The van der Waals surface area contributed by atoms with E-state index < -0.39 is 0 Å². The summed E-state index contributed by atoms with van der Waals surface area (Å²) in [5.41, 5.74) is 2.46. The lowest BCUT2D eigenvalue weighted by atomic mass is 10.1. The van der Waals surface area contributed by atoms with Crippen molar-refractivity contribution in [3.8, 4) is 11.5 Å². The highest BCUT2D eigenvalue weighted by Crippen LogP contribution is 2.31. The summed E-state index contributed by atoms with van der Waals surface area (Å²) in [7, 11) is 3.32. The Morgan fingerprint density at radius 2 is 1.76 bits per heavy atom. The van der Waals surface area contributed by atoms with Gasteiger partial charge in [-0.2, -0.15) is 0 Å². The van der Waals surface area contributed by atoms with E-state index in [-0.39, 0.29) is 11.9 Å². The monoisotopic (exact) mass is 349 g/mol. The number of nitrogens with one attached hydrogen (secondary N) is 1. The third kappa shape index (κ3) is 4.86. The molecule has 1 aliphatic heterocycles. The lowest BCUT2D eigenvalue weighted by molar-refractivity contribution is -0.126. The third-order valence-electron chi connectivity index (χ3n) is 4.92. The summed E-state index contributed by atoms with van der Waals surface area (Å²) in [5, 5.41) is 2.90. The first kappa shape index (κ1) is 19.5. The van der Waals surface area contributed by atoms with Gasteiger partial charge >= 0.3 is 0 Å². The molecule has 1 saturated heterocycles. The lowest BCUT2D eigenvalue weighted by Crippen LogP contribution is -2.53. The van der Waals surface area contributed by atoms with Crippen LogP contribution in [0.4, 0.5) is 0 Å². The third-order valence-corrected chi connectivity index (χ3v) is 4.92. The predicted octanol–water partition coefficient (Wildman–Crippen LogP) is 1.65. The van der Waals surface area contributed by atoms with E-state index in [9.17, 15) is 4.79 Å². The zero-order valence-corrected chi connectivity index (χ0v) is 16.1. The van der Waals surface area contributed by atoms with Crippen LogP contribution in [0.2, 0.25) is 0 Å². The van der Waals surface area contributed by atoms with Crippen LogP contribution >= 0.6 is 0 Å². The number of nitrogens with zero attached hydrogens (tertiary/aromatic N) is 2. The number of hydrogen-bond acceptors (Lipinski definition) is 5. The molecule has 0 unspecified atom stereocenters. The molecule has 1 aromatic rings. The van der Waals surface area contributed by atoms with Crippen LogP contribution in [0.15, 0.2) is 12.1 Å². The Bertz CT molecular complexity index is 584. The van der Waals surface area contributed by atoms with Gasteiger partial charge in [0.1, 0.15) is 0 Å². The molecule has 1 fully saturated rings. The maximum Gasteiger partial charge on any atom is 0.237 e. The molecule has 1 amide bonds. The quantitative estimate of drug-likeness (QED) is 0.811. The zero-order valence-electron chi connectivity index (χ0n) is 16.1. The first-order valence-corrected chi connectivity index (χ1v) is 8.95. The molecule has 2 rings (SSSR count). The Morgan fingerprint density at radius 3 is 2.32 bits per heavy atom. The number of amides is 1. The van der Waals surface area contributed by atoms with E-state index in [1.807, 2.05) is 19.9 Å². The molecule has 0 aliphatic carbocycles. The highest BCUT2D eigenvalue weighted by atomic mass is 16.5. The second-order valence-corrected chi connectivity index (χ2v) is 6.52. The fourth-order valence-electron chi connectivity index (χ4n) is 3.23. The van der Waals surface area contributed by atoms with Crippen molar-refractivity contribution in [3.05, 3.63) is 23.3 Å². The molecule has 0 radical (unpaired) electrons. The van der Waals surface area contributed by atoms with E-state index in [2.05, 4.69) is 28.1 Å². The van der Waals surface area contributed by atoms with E-state index >= 15 is 0 Å². The first-order chi connectivity index (χ1) is 12.0. The minimum absolute atomic E-state index is 0.0649. The molecule has 1 atom stereocenters. The van der Waals surface area contributed by atoms with Gasteiger partial charge in [0.25, 0.3) is 0 Å². The summed E-state index contributed by atoms with van der Waals surface area (Å²) in [4.78, 5) is 16.7. The molecule has 0 saturated carbocycles. The first-order valence-electron chi connectivity index (χ1n) is 8.95. The Kier molecular flexibility index (Phi) is 7.08. The van der Waals surface area contributed by atoms with Gasteiger partial charge in [0, 0.05) is 39.3 Å². The average Bonchev–Trinajstić information content (AvgIpc) is 2.63. The SMILES string of the molecule is CCNC(=O)[C@H](C)N1CCN(Cc2cc(OC)c(OC)cc2C)CC1. The van der Waals surface area contributed by atoms with Gasteiger partial charge in [-0.1, -0.05) is 0 Å². The lowest BCUT2D eigenvalue weighted by Gasteiger charge is -2.37. The molecule has 0 spiro atoms. The summed E-state index contributed by atoms with van der Waals surface area (Å²) < 4.78 is 10.8. The number of benzene rings is 1. The normalized spacial score (nSPS) is 17.2. The number of piperazine rings is 1. The van der Waals surface area contributed by atoms with Crippen LogP contribution in [0.5, 0.6) is 11.5 Å². The van der Waals surface area contributed by atoms with Crippen molar-refractivity contribution >= 4 is 5.91 Å². The molecule has 140 valence electrons. The van der Waals surface area contributed by atoms with Crippen LogP contribution in [0.3, 0.4) is 0 Å². The highest BCUT2D eigenvalue weighted by molar-refractivity contribution is 5.81. The number of ether oxygens (including phenoxy) is 2. The standard InChI is InChI=1S/C19H31N3O3/c1-6-20-19(23)15(3)22-9-7-21(8-10-22)13-16-12-18(25-5)17(24-4)11-14(16)2/h11-12,15H,6-10,13H2,1-5H3,(H,20,23)/t15-/m0/s1. The molecule has 1 heterocycles. The second-order valence-electron chi connectivity index (χ2n) is 6.52. The zero-order chi connectivity index (χ0) is 18.4. The second kappa shape index (κ2) is 9.06. The van der Waals surface area contributed by atoms with Gasteiger partial charge in [-0.25, -0.2) is 0 Å². The molecule has 1 aliphatic rings. The average molecular weight is 349 g/mol. The van der Waals surface area contributed by atoms with Gasteiger partial charge in [0.05, 0.1) is 20.3 Å². The van der Waals surface area contributed by atoms with E-state index in [0.717, 1.165) is 44.2 Å². The van der Waals surface area contributed by atoms with Gasteiger partial charge in [-0.15, -0.1) is 0 Å². The fraction of sp³-hybridized carbons (Fsp3) is 0.632. The molecule has 0 bridgehead atoms. The molecule has 1 N–H and O–H groups in total. The van der Waals surface area contributed by atoms with Gasteiger partial charge in [0.2, 0.25) is 5.91 Å². The fourth-order valence-corrected chi connectivity index (χ4v) is 3.23. The maximum atomic E-state index is 12.0. The number of likely N-dealkylation sites (N-methyl/N-ethyl adjacent to an activating group) is 1. The Labute approximate surface area is 151 Å². The van der Waals surface area contributed by atoms with E-state index in [1.54, 1.807) is 14.2 Å². The van der Waals surface area contributed by atoms with Crippen LogP contribution in [-0.4, -0.2) is 68.7 Å². The van der Waals surface area contributed by atoms with Crippen LogP contribution in [0.1, 0.15) is 25.0 Å². The minimum Gasteiger partial charge on any atom is -0.493 e. The molecule has 0 aromatic heterocycles. The summed E-state index contributed by atoms with van der Waals surface area (Å²) in [6.45, 7) is 11.3. The van der Waals surface area contributed by atoms with Crippen LogP contribution in [-0.2, 0) is 11.3 Å². The minimum atomic E-state index is -0.0649. The molecular formula is C19H31N3O3. The number of methoxy groups -OCH3 is 2. The number of aryl methyl sites for hydroxylation is 1. The number of carbonyl (C=O) groups is 1. The van der Waals surface area contributed by atoms with Crippen LogP contribution in [0.25, 0.3) is 0 Å². The largest absolute Gasteiger partial charge is 0.493 e. The van der Waals surface area contributed by atoms with Gasteiger partial charge in [-0.3, -0.25) is 14.6 Å². The van der Waals surface area contributed by atoms with Crippen LogP contribution < -0.4 is 14.8 Å². The van der Waals surface area contributed by atoms with Crippen LogP contribution in [0, 0.1) is 6.92 Å². The van der Waals surface area contributed by atoms with Crippen molar-refractivity contribution in [2.45, 2.75) is 33.4 Å². The molecular weight excluding hydrogens is 318 g/mol. The van der Waals surface area contributed by atoms with Gasteiger partial charge < -0.3 is 14.8 Å². The predicted molar refractivity (Wildman–Crippen MR) is 99.3 cm³/mol. The van der Waals surface area contributed by atoms with E-state index in [0.29, 0.717) is 6.54 Å². The summed E-state index contributed by atoms with van der Waals surface area (Å²) in [6.07, 6.45) is 0. The van der Waals surface area contributed by atoms with Crippen molar-refractivity contribution < 1.29 is 14.3 Å². The Hall–Kier alpha value is -1.79. The van der Waals surface area contributed by atoms with Crippen molar-refractivity contribution in [2.24, 2.45) is 0 Å². The van der Waals surface area contributed by atoms with Crippen molar-refractivity contribution in [2.75, 3.05) is 46.9 Å². The molecule has 1 aromatic carbocycles. The Morgan fingerprint density at radius 1 is 1.16 bits per heavy atom. The summed E-state index contributed by atoms with van der Waals surface area (Å²) in [5.74, 6) is 1.66. The summed E-state index contributed by atoms with van der Waals surface area (Å²) in [6, 6.07) is 4.03. The van der Waals surface area contributed by atoms with Gasteiger partial charge in [0.15, 0.2) is 11.5 Å². The highest BCUT2D eigenvalue weighted by Gasteiger charge is 2.25.